The van der Waals surface area contributed by atoms with Gasteiger partial charge in [0.05, 0.1) is 5.25 Å². The molecule has 1 saturated heterocycles. The molecule has 10 heteroatoms. The summed E-state index contributed by atoms with van der Waals surface area (Å²) in [5.41, 5.74) is -1.26. The van der Waals surface area contributed by atoms with Crippen LogP contribution in [0.1, 0.15) is 57.8 Å². The molecule has 3 fully saturated rings. The van der Waals surface area contributed by atoms with Gasteiger partial charge in [-0.3, -0.25) is 14.3 Å². The monoisotopic (exact) mass is 438 g/mol. The summed E-state index contributed by atoms with van der Waals surface area (Å²) in [6.07, 6.45) is 10.3. The Kier molecular flexibility index (Phi) is 5.78. The van der Waals surface area contributed by atoms with Crippen molar-refractivity contribution in [2.75, 3.05) is 13.1 Å². The third-order valence-electron chi connectivity index (χ3n) is 6.47. The normalized spacial score (nSPS) is 33.8. The summed E-state index contributed by atoms with van der Waals surface area (Å²) < 4.78 is 26.8. The van der Waals surface area contributed by atoms with Crippen molar-refractivity contribution in [1.29, 1.82) is 0 Å². The van der Waals surface area contributed by atoms with E-state index < -0.39 is 38.7 Å². The van der Waals surface area contributed by atoms with E-state index in [1.807, 2.05) is 12.2 Å². The van der Waals surface area contributed by atoms with Crippen molar-refractivity contribution in [2.24, 2.45) is 5.92 Å². The highest BCUT2D eigenvalue weighted by molar-refractivity contribution is 7.91. The zero-order chi connectivity index (χ0) is 21.4. The number of nitrogens with one attached hydrogen (secondary N) is 3. The van der Waals surface area contributed by atoms with Crippen molar-refractivity contribution in [1.82, 2.24) is 20.3 Å². The number of nitrogens with zero attached hydrogens (tertiary/aromatic N) is 1. The molecule has 0 spiro atoms. The minimum absolute atomic E-state index is 0.246. The predicted molar refractivity (Wildman–Crippen MR) is 110 cm³/mol. The molecule has 4 aliphatic rings. The molecule has 0 unspecified atom stereocenters. The fraction of sp³-hybridized carbons (Fsp3) is 0.750. The van der Waals surface area contributed by atoms with E-state index in [9.17, 15) is 22.8 Å². The first-order chi connectivity index (χ1) is 14.3. The molecular formula is C20H30N4O5S. The fourth-order valence-electron chi connectivity index (χ4n) is 4.37. The quantitative estimate of drug-likeness (QED) is 0.562. The zero-order valence-electron chi connectivity index (χ0n) is 17.1. The van der Waals surface area contributed by atoms with Crippen LogP contribution in [0.15, 0.2) is 12.2 Å². The van der Waals surface area contributed by atoms with Gasteiger partial charge in [0.1, 0.15) is 11.6 Å². The van der Waals surface area contributed by atoms with Crippen LogP contribution < -0.4 is 15.4 Å². The number of fused-ring (bicyclic) bond motifs is 2. The maximum atomic E-state index is 13.1. The molecule has 166 valence electrons. The van der Waals surface area contributed by atoms with Crippen molar-refractivity contribution >= 4 is 27.9 Å². The van der Waals surface area contributed by atoms with E-state index in [-0.39, 0.29) is 11.9 Å². The minimum Gasteiger partial charge on any atom is -0.339 e. The summed E-state index contributed by atoms with van der Waals surface area (Å²) in [6, 6.07) is -0.909. The smallest absolute Gasteiger partial charge is 0.318 e. The number of carbonyl (C=O) groups excluding carboxylic acids is 3. The SMILES string of the molecule is O=C1N[C@]2(C(=O)NS(=O)(=O)C3CC3)C[C@@H]2/C=C\CCCCCNC(=O)N2CCC[C@@H]12. The average Bonchev–Trinajstić information content (AvgIpc) is 3.60. The van der Waals surface area contributed by atoms with Crippen molar-refractivity contribution in [3.8, 4) is 0 Å². The largest absolute Gasteiger partial charge is 0.339 e. The molecule has 30 heavy (non-hydrogen) atoms. The standard InChI is InChI=1S/C20H30N4O5S/c25-17-16-8-6-12-24(16)19(27)21-11-5-3-1-2-4-7-14-13-20(14,22-17)18(26)23-30(28,29)15-9-10-15/h4,7,14-16H,1-3,5-6,8-13H2,(H,21,27)(H,22,25)(H,23,26)/b7-4-/t14-,16-,20+/m0/s1. The summed E-state index contributed by atoms with van der Waals surface area (Å²) >= 11 is 0. The fourth-order valence-corrected chi connectivity index (χ4v) is 5.73. The second-order valence-electron chi connectivity index (χ2n) is 8.81. The topological polar surface area (TPSA) is 125 Å². The molecule has 3 N–H and O–H groups in total. The lowest BCUT2D eigenvalue weighted by Gasteiger charge is -2.27. The van der Waals surface area contributed by atoms with E-state index in [1.54, 1.807) is 0 Å². The number of urea groups is 1. The van der Waals surface area contributed by atoms with Gasteiger partial charge in [0.15, 0.2) is 0 Å². The first-order valence-electron chi connectivity index (χ1n) is 10.9. The summed E-state index contributed by atoms with van der Waals surface area (Å²) in [4.78, 5) is 40.1. The van der Waals surface area contributed by atoms with Crippen LogP contribution in [-0.2, 0) is 19.6 Å². The lowest BCUT2D eigenvalue weighted by molar-refractivity contribution is -0.131. The number of sulfonamides is 1. The van der Waals surface area contributed by atoms with Crippen LogP contribution in [-0.4, -0.2) is 61.1 Å². The highest BCUT2D eigenvalue weighted by atomic mass is 32.2. The molecule has 3 atom stereocenters. The van der Waals surface area contributed by atoms with E-state index in [1.165, 1.54) is 4.90 Å². The Hall–Kier alpha value is -2.10. The minimum atomic E-state index is -3.71. The Morgan fingerprint density at radius 3 is 2.70 bits per heavy atom. The van der Waals surface area contributed by atoms with Gasteiger partial charge in [0.25, 0.3) is 5.91 Å². The van der Waals surface area contributed by atoms with E-state index in [4.69, 9.17) is 0 Å². The van der Waals surface area contributed by atoms with Crippen LogP contribution in [0.3, 0.4) is 0 Å². The number of hydrogen-bond donors (Lipinski definition) is 3. The number of allylic oxidation sites excluding steroid dienone is 1. The van der Waals surface area contributed by atoms with Crippen LogP contribution >= 0.6 is 0 Å². The summed E-state index contributed by atoms with van der Waals surface area (Å²) in [5.74, 6) is -1.31. The molecule has 4 rings (SSSR count). The molecule has 0 aromatic carbocycles. The number of carbonyl (C=O) groups is 3. The van der Waals surface area contributed by atoms with Crippen LogP contribution in [0, 0.1) is 5.92 Å². The van der Waals surface area contributed by atoms with Crippen molar-refractivity contribution in [3.63, 3.8) is 0 Å². The Morgan fingerprint density at radius 1 is 1.13 bits per heavy atom. The maximum absolute atomic E-state index is 13.1. The molecule has 0 radical (unpaired) electrons. The lowest BCUT2D eigenvalue weighted by atomic mass is 10.1. The Bertz CT molecular complexity index is 853. The molecule has 0 aromatic rings. The van der Waals surface area contributed by atoms with Crippen LogP contribution in [0.2, 0.25) is 0 Å². The summed E-state index contributed by atoms with van der Waals surface area (Å²) in [6.45, 7) is 1.06. The van der Waals surface area contributed by atoms with Gasteiger partial charge in [-0.05, 0) is 51.4 Å². The van der Waals surface area contributed by atoms with Gasteiger partial charge in [0.2, 0.25) is 15.9 Å². The number of amides is 4. The third kappa shape index (κ3) is 4.33. The second-order valence-corrected chi connectivity index (χ2v) is 10.8. The molecule has 0 aromatic heterocycles. The highest BCUT2D eigenvalue weighted by Gasteiger charge is 2.61. The van der Waals surface area contributed by atoms with Gasteiger partial charge in [0, 0.05) is 19.0 Å². The maximum Gasteiger partial charge on any atom is 0.318 e. The van der Waals surface area contributed by atoms with Crippen molar-refractivity contribution in [3.05, 3.63) is 12.2 Å². The van der Waals surface area contributed by atoms with Crippen molar-refractivity contribution in [2.45, 2.75) is 74.6 Å². The molecule has 4 amide bonds. The lowest BCUT2D eigenvalue weighted by Crippen LogP contribution is -2.57. The van der Waals surface area contributed by atoms with Gasteiger partial charge >= 0.3 is 6.03 Å². The molecule has 0 bridgehead atoms. The first-order valence-corrected chi connectivity index (χ1v) is 12.5. The predicted octanol–water partition coefficient (Wildman–Crippen LogP) is 0.774. The van der Waals surface area contributed by atoms with E-state index in [0.29, 0.717) is 45.2 Å². The second kappa shape index (κ2) is 8.20. The molecule has 9 nitrogen and oxygen atoms in total. The van der Waals surface area contributed by atoms with Gasteiger partial charge in [-0.1, -0.05) is 18.6 Å². The van der Waals surface area contributed by atoms with Crippen molar-refractivity contribution < 1.29 is 22.8 Å². The molecule has 2 aliphatic carbocycles. The highest BCUT2D eigenvalue weighted by Crippen LogP contribution is 2.46. The number of rotatable bonds is 3. The van der Waals surface area contributed by atoms with E-state index in [2.05, 4.69) is 15.4 Å². The molecule has 2 saturated carbocycles. The summed E-state index contributed by atoms with van der Waals surface area (Å²) in [5, 5.41) is 5.19. The van der Waals surface area contributed by atoms with Gasteiger partial charge < -0.3 is 15.5 Å². The van der Waals surface area contributed by atoms with Gasteiger partial charge in [-0.2, -0.15) is 0 Å². The van der Waals surface area contributed by atoms with E-state index in [0.717, 1.165) is 25.7 Å². The van der Waals surface area contributed by atoms with Gasteiger partial charge in [-0.25, -0.2) is 13.2 Å². The molecule has 2 aliphatic heterocycles. The Balaban J connectivity index is 1.54. The Morgan fingerprint density at radius 2 is 1.93 bits per heavy atom. The van der Waals surface area contributed by atoms with Crippen LogP contribution in [0.5, 0.6) is 0 Å². The molecular weight excluding hydrogens is 408 g/mol. The zero-order valence-corrected chi connectivity index (χ0v) is 17.9. The third-order valence-corrected chi connectivity index (χ3v) is 8.29. The average molecular weight is 439 g/mol. The van der Waals surface area contributed by atoms with Gasteiger partial charge in [-0.15, -0.1) is 0 Å². The first kappa shape index (κ1) is 21.1. The van der Waals surface area contributed by atoms with E-state index >= 15 is 0 Å². The summed E-state index contributed by atoms with van der Waals surface area (Å²) in [7, 11) is -3.71. The number of hydrogen-bond acceptors (Lipinski definition) is 5. The van der Waals surface area contributed by atoms with Crippen LogP contribution in [0.4, 0.5) is 4.79 Å². The van der Waals surface area contributed by atoms with Crippen LogP contribution in [0.25, 0.3) is 0 Å². The molecule has 2 heterocycles. The Labute approximate surface area is 177 Å².